The van der Waals surface area contributed by atoms with E-state index in [-0.39, 0.29) is 6.03 Å². The van der Waals surface area contributed by atoms with E-state index in [9.17, 15) is 4.79 Å². The number of ether oxygens (including phenoxy) is 1. The van der Waals surface area contributed by atoms with Gasteiger partial charge in [0.1, 0.15) is 12.4 Å². The Morgan fingerprint density at radius 1 is 1.13 bits per heavy atom. The molecule has 7 heteroatoms. The van der Waals surface area contributed by atoms with Gasteiger partial charge in [-0.15, -0.1) is 0 Å². The minimum atomic E-state index is -0.364. The number of nitrogens with one attached hydrogen (secondary N) is 1. The molecular weight excluding hydrogens is 339 g/mol. The van der Waals surface area contributed by atoms with Crippen molar-refractivity contribution in [2.24, 2.45) is 0 Å². The smallest absolute Gasteiger partial charge is 0.345 e. The molecule has 122 valence electrons. The van der Waals surface area contributed by atoms with Gasteiger partial charge in [-0.05, 0) is 42.0 Å². The Labute approximate surface area is 144 Å². The van der Waals surface area contributed by atoms with Gasteiger partial charge in [0.2, 0.25) is 0 Å². The maximum absolute atomic E-state index is 11.6. The average molecular weight is 355 g/mol. The molecular formula is C16H16Cl2N2O3. The van der Waals surface area contributed by atoms with E-state index in [1.54, 1.807) is 36.4 Å². The number of benzene rings is 2. The number of hydrogen-bond donors (Lipinski definition) is 1. The summed E-state index contributed by atoms with van der Waals surface area (Å²) in [4.78, 5) is 16.4. The maximum Gasteiger partial charge on any atom is 0.345 e. The molecule has 2 amide bonds. The van der Waals surface area contributed by atoms with Crippen molar-refractivity contribution in [2.75, 3.05) is 19.5 Å². The van der Waals surface area contributed by atoms with E-state index in [1.165, 1.54) is 14.2 Å². The lowest BCUT2D eigenvalue weighted by Gasteiger charge is -2.14. The molecule has 0 atom stereocenters. The second kappa shape index (κ2) is 8.06. The van der Waals surface area contributed by atoms with Gasteiger partial charge in [0, 0.05) is 12.7 Å². The highest BCUT2D eigenvalue weighted by molar-refractivity contribution is 6.42. The van der Waals surface area contributed by atoms with Crippen LogP contribution in [0.2, 0.25) is 10.0 Å². The quantitative estimate of drug-likeness (QED) is 0.798. The van der Waals surface area contributed by atoms with Gasteiger partial charge < -0.3 is 10.1 Å². The molecule has 0 aliphatic carbocycles. The van der Waals surface area contributed by atoms with Crippen molar-refractivity contribution < 1.29 is 14.4 Å². The molecule has 23 heavy (non-hydrogen) atoms. The van der Waals surface area contributed by atoms with E-state index < -0.39 is 0 Å². The first kappa shape index (κ1) is 17.4. The number of anilines is 1. The zero-order chi connectivity index (χ0) is 16.8. The molecule has 0 bridgehead atoms. The molecule has 2 aromatic rings. The standard InChI is InChI=1S/C16H16Cl2N2O3/c1-20(22-2)16(21)19-12-4-6-13(7-5-12)23-10-11-3-8-14(17)15(18)9-11/h3-9H,10H2,1-2H3,(H,19,21). The van der Waals surface area contributed by atoms with Crippen LogP contribution in [0.5, 0.6) is 5.75 Å². The van der Waals surface area contributed by atoms with Gasteiger partial charge in [-0.1, -0.05) is 29.3 Å². The van der Waals surface area contributed by atoms with Gasteiger partial charge in [-0.3, -0.25) is 4.84 Å². The zero-order valence-corrected chi connectivity index (χ0v) is 14.2. The summed E-state index contributed by atoms with van der Waals surface area (Å²) in [5.74, 6) is 0.675. The number of carbonyl (C=O) groups excluding carboxylic acids is 1. The topological polar surface area (TPSA) is 50.8 Å². The van der Waals surface area contributed by atoms with E-state index in [0.29, 0.717) is 28.1 Å². The molecule has 0 radical (unpaired) electrons. The summed E-state index contributed by atoms with van der Waals surface area (Å²) in [7, 11) is 2.93. The number of carbonyl (C=O) groups is 1. The fourth-order valence-electron chi connectivity index (χ4n) is 1.72. The van der Waals surface area contributed by atoms with E-state index in [1.807, 2.05) is 6.07 Å². The maximum atomic E-state index is 11.6. The molecule has 0 aliphatic rings. The number of hydrogen-bond acceptors (Lipinski definition) is 3. The third kappa shape index (κ3) is 5.03. The monoisotopic (exact) mass is 354 g/mol. The van der Waals surface area contributed by atoms with Gasteiger partial charge in [0.15, 0.2) is 0 Å². The molecule has 0 aromatic heterocycles. The Bertz CT molecular complexity index is 678. The SMILES string of the molecule is CON(C)C(=O)Nc1ccc(OCc2ccc(Cl)c(Cl)c2)cc1. The lowest BCUT2D eigenvalue weighted by molar-refractivity contribution is -0.0598. The predicted molar refractivity (Wildman–Crippen MR) is 91.0 cm³/mol. The minimum Gasteiger partial charge on any atom is -0.489 e. The summed E-state index contributed by atoms with van der Waals surface area (Å²) in [5.41, 5.74) is 1.55. The van der Waals surface area contributed by atoms with Crippen LogP contribution in [-0.2, 0) is 11.4 Å². The van der Waals surface area contributed by atoms with Gasteiger partial charge in [-0.2, -0.15) is 0 Å². The number of halogens is 2. The Morgan fingerprint density at radius 2 is 1.83 bits per heavy atom. The summed E-state index contributed by atoms with van der Waals surface area (Å²) in [6, 6.07) is 12.0. The van der Waals surface area contributed by atoms with Crippen LogP contribution in [0.25, 0.3) is 0 Å². The minimum absolute atomic E-state index is 0.364. The summed E-state index contributed by atoms with van der Waals surface area (Å²) >= 11 is 11.8. The Morgan fingerprint density at radius 3 is 2.43 bits per heavy atom. The Kier molecular flexibility index (Phi) is 6.10. The fraction of sp³-hybridized carbons (Fsp3) is 0.188. The highest BCUT2D eigenvalue weighted by Crippen LogP contribution is 2.24. The van der Waals surface area contributed by atoms with Crippen molar-refractivity contribution in [2.45, 2.75) is 6.61 Å². The van der Waals surface area contributed by atoms with Crippen LogP contribution >= 0.6 is 23.2 Å². The van der Waals surface area contributed by atoms with Crippen LogP contribution < -0.4 is 10.1 Å². The van der Waals surface area contributed by atoms with Crippen LogP contribution in [0, 0.1) is 0 Å². The molecule has 0 unspecified atom stereocenters. The molecule has 0 spiro atoms. The third-order valence-electron chi connectivity index (χ3n) is 3.05. The van der Waals surface area contributed by atoms with Crippen molar-refractivity contribution in [3.63, 3.8) is 0 Å². The molecule has 1 N–H and O–H groups in total. The highest BCUT2D eigenvalue weighted by Gasteiger charge is 2.07. The molecule has 0 aliphatic heterocycles. The lowest BCUT2D eigenvalue weighted by atomic mass is 10.2. The summed E-state index contributed by atoms with van der Waals surface area (Å²) in [6.07, 6.45) is 0. The van der Waals surface area contributed by atoms with Gasteiger partial charge in [-0.25, -0.2) is 9.86 Å². The number of rotatable bonds is 5. The molecule has 0 fully saturated rings. The largest absolute Gasteiger partial charge is 0.489 e. The number of urea groups is 1. The number of hydroxylamine groups is 2. The zero-order valence-electron chi connectivity index (χ0n) is 12.7. The first-order valence-corrected chi connectivity index (χ1v) is 7.51. The Hall–Kier alpha value is -1.95. The van der Waals surface area contributed by atoms with Crippen LogP contribution in [-0.4, -0.2) is 25.3 Å². The van der Waals surface area contributed by atoms with Crippen molar-refractivity contribution in [3.05, 3.63) is 58.1 Å². The van der Waals surface area contributed by atoms with Gasteiger partial charge in [0.25, 0.3) is 0 Å². The highest BCUT2D eigenvalue weighted by atomic mass is 35.5. The van der Waals surface area contributed by atoms with Crippen LogP contribution in [0.15, 0.2) is 42.5 Å². The first-order chi connectivity index (χ1) is 11.0. The molecule has 5 nitrogen and oxygen atoms in total. The van der Waals surface area contributed by atoms with Crippen molar-refractivity contribution in [1.29, 1.82) is 0 Å². The normalized spacial score (nSPS) is 10.3. The van der Waals surface area contributed by atoms with Crippen molar-refractivity contribution in [3.8, 4) is 5.75 Å². The third-order valence-corrected chi connectivity index (χ3v) is 3.79. The predicted octanol–water partition coefficient (Wildman–Crippen LogP) is 4.60. The van der Waals surface area contributed by atoms with E-state index in [4.69, 9.17) is 32.8 Å². The van der Waals surface area contributed by atoms with Crippen molar-refractivity contribution in [1.82, 2.24) is 5.06 Å². The Balaban J connectivity index is 1.92. The summed E-state index contributed by atoms with van der Waals surface area (Å²) in [6.45, 7) is 0.370. The molecule has 0 heterocycles. The van der Waals surface area contributed by atoms with Crippen LogP contribution in [0.1, 0.15) is 5.56 Å². The number of amides is 2. The lowest BCUT2D eigenvalue weighted by Crippen LogP contribution is -2.30. The van der Waals surface area contributed by atoms with Crippen molar-refractivity contribution >= 4 is 34.9 Å². The molecule has 2 rings (SSSR count). The first-order valence-electron chi connectivity index (χ1n) is 6.75. The molecule has 2 aromatic carbocycles. The van der Waals surface area contributed by atoms with E-state index >= 15 is 0 Å². The summed E-state index contributed by atoms with van der Waals surface area (Å²) in [5, 5.41) is 4.78. The van der Waals surface area contributed by atoms with Gasteiger partial charge in [0.05, 0.1) is 17.2 Å². The van der Waals surface area contributed by atoms with E-state index in [0.717, 1.165) is 10.6 Å². The van der Waals surface area contributed by atoms with Crippen LogP contribution in [0.4, 0.5) is 10.5 Å². The van der Waals surface area contributed by atoms with Crippen LogP contribution in [0.3, 0.4) is 0 Å². The fourth-order valence-corrected chi connectivity index (χ4v) is 2.04. The number of nitrogens with zero attached hydrogens (tertiary/aromatic N) is 1. The second-order valence-corrected chi connectivity index (χ2v) is 5.49. The van der Waals surface area contributed by atoms with Gasteiger partial charge >= 0.3 is 6.03 Å². The summed E-state index contributed by atoms with van der Waals surface area (Å²) < 4.78 is 5.67. The molecule has 0 saturated carbocycles. The van der Waals surface area contributed by atoms with E-state index in [2.05, 4.69) is 5.32 Å². The average Bonchev–Trinajstić information content (AvgIpc) is 2.56. The second-order valence-electron chi connectivity index (χ2n) is 4.67. The molecule has 0 saturated heterocycles.